The predicted octanol–water partition coefficient (Wildman–Crippen LogP) is 15.2. The molecule has 13 atom stereocenters. The van der Waals surface area contributed by atoms with E-state index in [1.165, 1.54) is 70.6 Å². The molecule has 2 spiro atoms. The Kier molecular flexibility index (Phi) is 33.6. The van der Waals surface area contributed by atoms with E-state index in [4.69, 9.17) is 33.2 Å². The summed E-state index contributed by atoms with van der Waals surface area (Å²) in [6, 6.07) is 0. The zero-order valence-corrected chi connectivity index (χ0v) is 52.5. The van der Waals surface area contributed by atoms with Crippen molar-refractivity contribution in [1.29, 1.82) is 0 Å². The van der Waals surface area contributed by atoms with Crippen LogP contribution in [-0.4, -0.2) is 86.7 Å². The summed E-state index contributed by atoms with van der Waals surface area (Å²) in [4.78, 5) is 66.6. The van der Waals surface area contributed by atoms with Crippen LogP contribution in [0.15, 0.2) is 0 Å². The molecule has 10 bridgehead atoms. The second kappa shape index (κ2) is 37.0. The number of rotatable bonds is 0. The Balaban J connectivity index is 0.000000305. The maximum absolute atomic E-state index is 11.6. The molecule has 454 valence electrons. The normalized spacial score (nSPS) is 36.5. The van der Waals surface area contributed by atoms with Crippen molar-refractivity contribution >= 4 is 35.8 Å². The van der Waals surface area contributed by atoms with Gasteiger partial charge in [-0.2, -0.15) is 0 Å². The minimum atomic E-state index is -0.107. The van der Waals surface area contributed by atoms with E-state index in [1.807, 2.05) is 111 Å². The van der Waals surface area contributed by atoms with Crippen molar-refractivity contribution in [1.82, 2.24) is 0 Å². The summed E-state index contributed by atoms with van der Waals surface area (Å²) in [5, 5.41) is 0. The average Bonchev–Trinajstić information content (AvgIpc) is 4.41. The van der Waals surface area contributed by atoms with Crippen LogP contribution < -0.4 is 0 Å². The zero-order chi connectivity index (χ0) is 58.6. The van der Waals surface area contributed by atoms with Gasteiger partial charge in [-0.25, -0.2) is 0 Å². The van der Waals surface area contributed by atoms with Crippen LogP contribution >= 0.6 is 0 Å². The van der Waals surface area contributed by atoms with Gasteiger partial charge in [-0.05, 0) is 145 Å². The summed E-state index contributed by atoms with van der Waals surface area (Å²) >= 11 is 0. The Morgan fingerprint density at radius 2 is 1.05 bits per heavy atom. The highest BCUT2D eigenvalue weighted by atomic mass is 16.6. The van der Waals surface area contributed by atoms with Gasteiger partial charge in [0.1, 0.15) is 24.4 Å². The van der Waals surface area contributed by atoms with Crippen LogP contribution in [0.25, 0.3) is 0 Å². The van der Waals surface area contributed by atoms with Crippen LogP contribution in [0.1, 0.15) is 258 Å². The van der Waals surface area contributed by atoms with E-state index in [9.17, 15) is 28.8 Å². The Hall–Kier alpha value is -3.22. The molecule has 17 aliphatic rings. The maximum Gasteiger partial charge on any atom is 0.312 e. The first kappa shape index (κ1) is 70.9. The highest BCUT2D eigenvalue weighted by molar-refractivity contribution is 5.80. The summed E-state index contributed by atoms with van der Waals surface area (Å²) in [5.74, 6) is 6.32. The lowest BCUT2D eigenvalue weighted by Crippen LogP contribution is -2.39. The Labute approximate surface area is 475 Å². The van der Waals surface area contributed by atoms with Gasteiger partial charge < -0.3 is 33.2 Å². The number of hydrogen-bond donors (Lipinski definition) is 0. The molecule has 9 heterocycles. The van der Waals surface area contributed by atoms with E-state index in [-0.39, 0.29) is 70.9 Å². The highest BCUT2D eigenvalue weighted by Gasteiger charge is 2.59. The lowest BCUT2D eigenvalue weighted by Gasteiger charge is -2.34. The van der Waals surface area contributed by atoms with Gasteiger partial charge in [-0.1, -0.05) is 136 Å². The number of ether oxygens (including phenoxy) is 7. The quantitative estimate of drug-likeness (QED) is 0.166. The van der Waals surface area contributed by atoms with Gasteiger partial charge in [-0.3, -0.25) is 28.8 Å². The fraction of sp³-hybridized carbons (Fsp3) is 0.908. The first-order chi connectivity index (χ1) is 38.1. The van der Waals surface area contributed by atoms with Gasteiger partial charge in [0, 0.05) is 12.3 Å². The van der Waals surface area contributed by atoms with Crippen molar-refractivity contribution < 1.29 is 61.9 Å². The van der Waals surface area contributed by atoms with E-state index in [1.54, 1.807) is 0 Å². The molecular weight excluding hydrogens is 989 g/mol. The third-order valence-electron chi connectivity index (χ3n) is 18.5. The monoisotopic (exact) mass is 1100 g/mol. The second-order valence-corrected chi connectivity index (χ2v) is 21.7. The summed E-state index contributed by atoms with van der Waals surface area (Å²) in [6.45, 7) is 34.8. The van der Waals surface area contributed by atoms with Crippen LogP contribution in [0.4, 0.5) is 0 Å². The Morgan fingerprint density at radius 3 is 1.50 bits per heavy atom. The third kappa shape index (κ3) is 17.4. The standard InChI is InChI=1S/C10H14O2.C9H12O2.C9H14O2.C8H10O2.C7H10O2.C6H8O3.8C2H6/c11-9-10(3-4-12-9)6-7-1-2-8(10)5-7;10-9-8-6-2-1-5(3-6)7(8)4-11-9;10-8-9(6-7-11-8)4-2-1-3-5-9;9-8-6-2-5-1-4(6)3-7(5)10-8;8-7-5-1-3-6(9-7)4-2-5;7-6-3-5-4(9-6)1-2-8-5;8*1-2/h7-8H,1-6H2;5-8H,1-4H2;1-7H2;4-7H,1-3H2;5-6H,1-4H2;4-5H,1-3H2;8*1-2H3. The highest BCUT2D eigenvalue weighted by Crippen LogP contribution is 2.60. The molecule has 0 aromatic heterocycles. The summed E-state index contributed by atoms with van der Waals surface area (Å²) in [7, 11) is 0. The van der Waals surface area contributed by atoms with E-state index in [2.05, 4.69) is 0 Å². The average molecular weight is 1110 g/mol. The van der Waals surface area contributed by atoms with Crippen molar-refractivity contribution in [2.24, 2.45) is 70.0 Å². The molecule has 0 amide bonds. The van der Waals surface area contributed by atoms with Crippen molar-refractivity contribution in [3.63, 3.8) is 0 Å². The van der Waals surface area contributed by atoms with Gasteiger partial charge in [0.15, 0.2) is 0 Å². The van der Waals surface area contributed by atoms with Crippen LogP contribution in [-0.2, 0) is 61.9 Å². The molecule has 0 N–H and O–H groups in total. The summed E-state index contributed by atoms with van der Waals surface area (Å²) in [5.41, 5.74) is -0.0266. The number of fused-ring (bicyclic) bond motifs is 13. The topological polar surface area (TPSA) is 167 Å². The zero-order valence-electron chi connectivity index (χ0n) is 52.5. The van der Waals surface area contributed by atoms with Crippen molar-refractivity contribution in [2.75, 3.05) is 26.4 Å². The van der Waals surface area contributed by atoms with Gasteiger partial charge in [0.25, 0.3) is 0 Å². The number of esters is 6. The molecule has 13 heteroatoms. The SMILES string of the molecule is CC.CC.CC.CC.CC.CC.CC.CC.O=C1CC2OCCC2O1.O=C1OC2CC3CC2CC13.O=C1OC2CCC1CC2.O=C1OCC2C3CCC(C3)C12.O=C1OCCC12CC1CCC2C1.O=C1OCCC12CCCCC2. The molecule has 8 saturated carbocycles. The van der Waals surface area contributed by atoms with Crippen molar-refractivity contribution in [3.05, 3.63) is 0 Å². The van der Waals surface area contributed by atoms with E-state index in [0.717, 1.165) is 102 Å². The smallest absolute Gasteiger partial charge is 0.312 e. The molecular formula is C65H116O13. The van der Waals surface area contributed by atoms with Gasteiger partial charge in [-0.15, -0.1) is 0 Å². The number of cyclic esters (lactones) is 3. The van der Waals surface area contributed by atoms with Crippen LogP contribution in [0, 0.1) is 70.0 Å². The van der Waals surface area contributed by atoms with E-state index >= 15 is 0 Å². The minimum absolute atomic E-state index is 0.00289. The van der Waals surface area contributed by atoms with E-state index < -0.39 is 0 Å². The van der Waals surface area contributed by atoms with Crippen LogP contribution in [0.5, 0.6) is 0 Å². The summed E-state index contributed by atoms with van der Waals surface area (Å²) < 4.78 is 35.5. The van der Waals surface area contributed by atoms with Crippen LogP contribution in [0.2, 0.25) is 0 Å². The fourth-order valence-corrected chi connectivity index (χ4v) is 15.0. The van der Waals surface area contributed by atoms with Gasteiger partial charge in [0.2, 0.25) is 0 Å². The van der Waals surface area contributed by atoms with Crippen LogP contribution in [0.3, 0.4) is 0 Å². The Bertz CT molecular complexity index is 1720. The fourth-order valence-electron chi connectivity index (χ4n) is 15.0. The van der Waals surface area contributed by atoms with E-state index in [0.29, 0.717) is 61.2 Å². The number of hydrogen-bond acceptors (Lipinski definition) is 13. The molecule has 78 heavy (non-hydrogen) atoms. The molecule has 0 aromatic rings. The number of carbonyl (C=O) groups excluding carboxylic acids is 6. The molecule has 17 fully saturated rings. The predicted molar refractivity (Wildman–Crippen MR) is 309 cm³/mol. The molecule has 9 saturated heterocycles. The molecule has 8 aliphatic carbocycles. The van der Waals surface area contributed by atoms with Gasteiger partial charge >= 0.3 is 35.8 Å². The molecule has 13 unspecified atom stereocenters. The Morgan fingerprint density at radius 1 is 0.436 bits per heavy atom. The second-order valence-electron chi connectivity index (χ2n) is 21.7. The van der Waals surface area contributed by atoms with Gasteiger partial charge in [0.05, 0.1) is 61.4 Å². The summed E-state index contributed by atoms with van der Waals surface area (Å²) in [6.07, 6.45) is 26.9. The molecule has 0 radical (unpaired) electrons. The van der Waals surface area contributed by atoms with Crippen molar-refractivity contribution in [2.45, 2.75) is 283 Å². The molecule has 9 aliphatic heterocycles. The number of carbonyl (C=O) groups is 6. The first-order valence-electron chi connectivity index (χ1n) is 32.8. The third-order valence-corrected chi connectivity index (χ3v) is 18.5. The molecule has 0 aromatic carbocycles. The minimum Gasteiger partial charge on any atom is -0.465 e. The first-order valence-corrected chi connectivity index (χ1v) is 32.8. The molecule has 13 nitrogen and oxygen atoms in total. The lowest BCUT2D eigenvalue weighted by atomic mass is 9.72. The largest absolute Gasteiger partial charge is 0.465 e. The maximum atomic E-state index is 11.6. The van der Waals surface area contributed by atoms with Crippen molar-refractivity contribution in [3.8, 4) is 0 Å². The lowest BCUT2D eigenvalue weighted by molar-refractivity contribution is -0.170. The molecule has 17 rings (SSSR count).